The summed E-state index contributed by atoms with van der Waals surface area (Å²) in [5.74, 6) is 0.437. The first-order chi connectivity index (χ1) is 22.1. The Morgan fingerprint density at radius 2 is 1.59 bits per heavy atom. The number of carbonyl (C=O) groups excluding carboxylic acids is 2. The molecule has 1 aliphatic carbocycles. The summed E-state index contributed by atoms with van der Waals surface area (Å²) in [6.45, 7) is 8.31. The summed E-state index contributed by atoms with van der Waals surface area (Å²) in [4.78, 5) is 36.5. The van der Waals surface area contributed by atoms with Crippen LogP contribution < -0.4 is 10.6 Å². The molecular weight excluding hydrogens is 583 g/mol. The molecule has 2 aromatic carbocycles. The fraction of sp³-hybridized carbons (Fsp3) is 0.583. The lowest BCUT2D eigenvalue weighted by atomic mass is 9.83. The molecule has 4 heterocycles. The number of imidazole rings is 1. The van der Waals surface area contributed by atoms with Crippen LogP contribution in [0.3, 0.4) is 0 Å². The molecule has 2 amide bonds. The maximum absolute atomic E-state index is 13.7. The molecule has 0 radical (unpaired) electrons. The van der Waals surface area contributed by atoms with Crippen molar-refractivity contribution in [1.29, 1.82) is 0 Å². The summed E-state index contributed by atoms with van der Waals surface area (Å²) in [7, 11) is 0. The number of aliphatic hydroxyl groups is 1. The smallest absolute Gasteiger partial charge is 0.257 e. The molecule has 246 valence electrons. The second kappa shape index (κ2) is 12.7. The standard InChI is InChI=1S/C36H47FN6O3/c1-36(2,46)26-15-17-41(18-16-26)22-23-3-14-31-32(19-23)43(35(39-31)40-33(44)24-4-8-27(37)9-5-24)28-10-6-25(7-11-28)34(45)42-29-12-13-30(42)21-38-20-29/h3-5,8-9,14,19,25-26,28-30,38,46H,6-7,10-13,15-18,20-22H2,1-2H3,(H,39,40,44)/t25?,28?,29-,30-/m1/s1. The SMILES string of the molecule is CC(C)(O)C1CCN(Cc2ccc3nc(NC(=O)c4ccc(F)cc4)n(C4CCC(C(=O)N5[C@@H]6CC[C@@H]5CNC6)CC4)c3c2)CC1. The van der Waals surface area contributed by atoms with Gasteiger partial charge in [-0.1, -0.05) is 6.07 Å². The van der Waals surface area contributed by atoms with E-state index in [9.17, 15) is 19.1 Å². The zero-order valence-electron chi connectivity index (χ0n) is 27.1. The Bertz CT molecular complexity index is 1550. The van der Waals surface area contributed by atoms with Crippen LogP contribution in [-0.4, -0.2) is 80.1 Å². The molecule has 1 saturated carbocycles. The van der Waals surface area contributed by atoms with E-state index in [0.717, 1.165) is 95.1 Å². The van der Waals surface area contributed by atoms with Crippen molar-refractivity contribution < 1.29 is 19.1 Å². The molecule has 0 spiro atoms. The van der Waals surface area contributed by atoms with Crippen LogP contribution >= 0.6 is 0 Å². The van der Waals surface area contributed by atoms with E-state index >= 15 is 0 Å². The van der Waals surface area contributed by atoms with Gasteiger partial charge in [-0.05, 0) is 126 Å². The van der Waals surface area contributed by atoms with Crippen molar-refractivity contribution in [3.8, 4) is 0 Å². The van der Waals surface area contributed by atoms with Gasteiger partial charge < -0.3 is 19.9 Å². The third kappa shape index (κ3) is 6.31. The number of nitrogens with one attached hydrogen (secondary N) is 2. The van der Waals surface area contributed by atoms with Crippen LogP contribution in [0.5, 0.6) is 0 Å². The minimum atomic E-state index is -0.652. The first-order valence-corrected chi connectivity index (χ1v) is 17.2. The van der Waals surface area contributed by atoms with Crippen LogP contribution in [-0.2, 0) is 11.3 Å². The number of benzene rings is 2. The maximum Gasteiger partial charge on any atom is 0.257 e. The minimum absolute atomic E-state index is 0.0341. The number of hydrogen-bond acceptors (Lipinski definition) is 6. The molecular formula is C36H47FN6O3. The second-order valence-corrected chi connectivity index (χ2v) is 14.6. The molecule has 3 saturated heterocycles. The predicted molar refractivity (Wildman–Crippen MR) is 176 cm³/mol. The monoisotopic (exact) mass is 630 g/mol. The number of anilines is 1. The zero-order chi connectivity index (χ0) is 32.0. The van der Waals surface area contributed by atoms with Crippen LogP contribution in [0.25, 0.3) is 11.0 Å². The van der Waals surface area contributed by atoms with Gasteiger partial charge in [0.2, 0.25) is 11.9 Å². The Morgan fingerprint density at radius 3 is 2.24 bits per heavy atom. The van der Waals surface area contributed by atoms with E-state index < -0.39 is 5.60 Å². The molecule has 10 heteroatoms. The number of hydrogen-bond donors (Lipinski definition) is 3. The lowest BCUT2D eigenvalue weighted by Crippen LogP contribution is -2.55. The van der Waals surface area contributed by atoms with Gasteiger partial charge in [-0.2, -0.15) is 0 Å². The highest BCUT2D eigenvalue weighted by Gasteiger charge is 2.42. The van der Waals surface area contributed by atoms with E-state index in [1.807, 2.05) is 19.9 Å². The Morgan fingerprint density at radius 1 is 0.935 bits per heavy atom. The second-order valence-electron chi connectivity index (χ2n) is 14.6. The Balaban J connectivity index is 1.12. The van der Waals surface area contributed by atoms with Gasteiger partial charge in [-0.3, -0.25) is 19.8 Å². The van der Waals surface area contributed by atoms with E-state index in [-0.39, 0.29) is 23.7 Å². The highest BCUT2D eigenvalue weighted by atomic mass is 19.1. The average Bonchev–Trinajstić information content (AvgIpc) is 3.52. The molecule has 4 fully saturated rings. The first-order valence-electron chi connectivity index (χ1n) is 17.2. The topological polar surface area (TPSA) is 103 Å². The Labute approximate surface area is 270 Å². The van der Waals surface area contributed by atoms with Crippen molar-refractivity contribution in [2.24, 2.45) is 11.8 Å². The van der Waals surface area contributed by atoms with Gasteiger partial charge in [0.1, 0.15) is 5.82 Å². The van der Waals surface area contributed by atoms with Gasteiger partial charge in [-0.25, -0.2) is 9.37 Å². The third-order valence-electron chi connectivity index (χ3n) is 11.1. The fourth-order valence-corrected chi connectivity index (χ4v) is 8.46. The maximum atomic E-state index is 13.7. The van der Waals surface area contributed by atoms with E-state index in [0.29, 0.717) is 35.4 Å². The van der Waals surface area contributed by atoms with Crippen molar-refractivity contribution in [1.82, 2.24) is 24.7 Å². The summed E-state index contributed by atoms with van der Waals surface area (Å²) < 4.78 is 15.7. The molecule has 2 atom stereocenters. The molecule has 4 aliphatic rings. The van der Waals surface area contributed by atoms with Gasteiger partial charge >= 0.3 is 0 Å². The molecule has 7 rings (SSSR count). The normalized spacial score (nSPS) is 26.0. The number of likely N-dealkylation sites (tertiary alicyclic amines) is 1. The third-order valence-corrected chi connectivity index (χ3v) is 11.1. The lowest BCUT2D eigenvalue weighted by molar-refractivity contribution is -0.140. The van der Waals surface area contributed by atoms with E-state index in [1.165, 1.54) is 29.8 Å². The number of amides is 2. The summed E-state index contributed by atoms with van der Waals surface area (Å²) in [5.41, 5.74) is 2.70. The number of halogens is 1. The molecule has 0 unspecified atom stereocenters. The van der Waals surface area contributed by atoms with Crippen molar-refractivity contribution >= 4 is 28.8 Å². The fourth-order valence-electron chi connectivity index (χ4n) is 8.46. The summed E-state index contributed by atoms with van der Waals surface area (Å²) in [6.07, 6.45) is 7.42. The van der Waals surface area contributed by atoms with Crippen molar-refractivity contribution in [2.45, 2.75) is 95.5 Å². The largest absolute Gasteiger partial charge is 0.390 e. The van der Waals surface area contributed by atoms with E-state index in [2.05, 4.69) is 37.1 Å². The quantitative estimate of drug-likeness (QED) is 0.336. The first kappa shape index (κ1) is 31.3. The predicted octanol–water partition coefficient (Wildman–Crippen LogP) is 5.10. The van der Waals surface area contributed by atoms with Crippen molar-refractivity contribution in [2.75, 3.05) is 31.5 Å². The number of carbonyl (C=O) groups is 2. The number of fused-ring (bicyclic) bond motifs is 3. The number of nitrogens with zero attached hydrogens (tertiary/aromatic N) is 4. The average molecular weight is 631 g/mol. The summed E-state index contributed by atoms with van der Waals surface area (Å²) in [5, 5.41) is 17.0. The molecule has 3 aromatic rings. The molecule has 9 nitrogen and oxygen atoms in total. The number of aromatic nitrogens is 2. The minimum Gasteiger partial charge on any atom is -0.390 e. The number of rotatable bonds is 7. The molecule has 3 aliphatic heterocycles. The zero-order valence-corrected chi connectivity index (χ0v) is 27.1. The Kier molecular flexibility index (Phi) is 8.63. The van der Waals surface area contributed by atoms with Gasteiger partial charge in [0, 0.05) is 49.2 Å². The number of piperidine rings is 1. The molecule has 46 heavy (non-hydrogen) atoms. The Hall–Kier alpha value is -3.34. The van der Waals surface area contributed by atoms with Gasteiger partial charge in [0.25, 0.3) is 5.91 Å². The van der Waals surface area contributed by atoms with Crippen molar-refractivity contribution in [3.05, 3.63) is 59.4 Å². The highest BCUT2D eigenvalue weighted by Crippen LogP contribution is 2.40. The molecule has 2 bridgehead atoms. The van der Waals surface area contributed by atoms with Crippen LogP contribution in [0.4, 0.5) is 10.3 Å². The van der Waals surface area contributed by atoms with Crippen LogP contribution in [0, 0.1) is 17.7 Å². The van der Waals surface area contributed by atoms with Crippen LogP contribution in [0.1, 0.15) is 87.2 Å². The highest BCUT2D eigenvalue weighted by molar-refractivity contribution is 6.04. The summed E-state index contributed by atoms with van der Waals surface area (Å²) in [6, 6.07) is 12.6. The van der Waals surface area contributed by atoms with E-state index in [1.54, 1.807) is 0 Å². The van der Waals surface area contributed by atoms with Crippen molar-refractivity contribution in [3.63, 3.8) is 0 Å². The van der Waals surface area contributed by atoms with Gasteiger partial charge in [0.15, 0.2) is 0 Å². The molecule has 1 aromatic heterocycles. The van der Waals surface area contributed by atoms with Crippen LogP contribution in [0.15, 0.2) is 42.5 Å². The lowest BCUT2D eigenvalue weighted by Gasteiger charge is -2.39. The van der Waals surface area contributed by atoms with Gasteiger partial charge in [-0.15, -0.1) is 0 Å². The van der Waals surface area contributed by atoms with Crippen LogP contribution in [0.2, 0.25) is 0 Å². The van der Waals surface area contributed by atoms with E-state index in [4.69, 9.17) is 4.98 Å². The molecule has 3 N–H and O–H groups in total. The van der Waals surface area contributed by atoms with Gasteiger partial charge in [0.05, 0.1) is 16.6 Å². The summed E-state index contributed by atoms with van der Waals surface area (Å²) >= 11 is 0. The number of piperazine rings is 1.